The van der Waals surface area contributed by atoms with Gasteiger partial charge in [-0.05, 0) is 56.5 Å². The van der Waals surface area contributed by atoms with Crippen LogP contribution in [0.4, 0.5) is 4.39 Å². The monoisotopic (exact) mass is 344 g/mol. The van der Waals surface area contributed by atoms with Crippen molar-refractivity contribution in [2.75, 3.05) is 6.54 Å². The number of likely N-dealkylation sites (tertiary alicyclic amines) is 1. The van der Waals surface area contributed by atoms with Crippen LogP contribution in [0.2, 0.25) is 0 Å². The standard InChI is InChI=1S/C18H21FN4O2/c1-12(20)16-4-2-3-11-22(16)18(25)15-9-10-17(24)23(21-15)14-7-5-13(19)6-8-14/h5-10,12,16H,2-4,11,20H2,1H3/t12-,16-/m0/s1. The molecule has 2 N–H and O–H groups in total. The molecule has 7 heteroatoms. The molecule has 1 aliphatic heterocycles. The van der Waals surface area contributed by atoms with Crippen LogP contribution >= 0.6 is 0 Å². The summed E-state index contributed by atoms with van der Waals surface area (Å²) < 4.78 is 14.2. The Morgan fingerprint density at radius 3 is 2.64 bits per heavy atom. The number of amides is 1. The number of piperidine rings is 1. The zero-order chi connectivity index (χ0) is 18.0. The van der Waals surface area contributed by atoms with Crippen LogP contribution in [0.15, 0.2) is 41.2 Å². The van der Waals surface area contributed by atoms with Crippen molar-refractivity contribution in [3.8, 4) is 5.69 Å². The number of hydrogen-bond acceptors (Lipinski definition) is 4. The second kappa shape index (κ2) is 7.14. The molecule has 0 bridgehead atoms. The highest BCUT2D eigenvalue weighted by molar-refractivity contribution is 5.92. The van der Waals surface area contributed by atoms with Crippen LogP contribution in [-0.4, -0.2) is 39.2 Å². The summed E-state index contributed by atoms with van der Waals surface area (Å²) in [7, 11) is 0. The molecule has 2 heterocycles. The summed E-state index contributed by atoms with van der Waals surface area (Å²) in [5.41, 5.74) is 6.23. The highest BCUT2D eigenvalue weighted by Crippen LogP contribution is 2.21. The lowest BCUT2D eigenvalue weighted by molar-refractivity contribution is 0.0575. The normalized spacial score (nSPS) is 18.8. The number of carbonyl (C=O) groups excluding carboxylic acids is 1. The van der Waals surface area contributed by atoms with Crippen LogP contribution < -0.4 is 11.3 Å². The van der Waals surface area contributed by atoms with E-state index in [1.165, 1.54) is 36.4 Å². The molecule has 1 saturated heterocycles. The van der Waals surface area contributed by atoms with Gasteiger partial charge in [-0.3, -0.25) is 9.59 Å². The predicted molar refractivity (Wildman–Crippen MR) is 92.1 cm³/mol. The molecule has 2 atom stereocenters. The van der Waals surface area contributed by atoms with Gasteiger partial charge in [-0.25, -0.2) is 4.39 Å². The summed E-state index contributed by atoms with van der Waals surface area (Å²) in [6, 6.07) is 7.95. The zero-order valence-electron chi connectivity index (χ0n) is 14.1. The van der Waals surface area contributed by atoms with Crippen molar-refractivity contribution in [1.29, 1.82) is 0 Å². The fourth-order valence-corrected chi connectivity index (χ4v) is 3.20. The lowest BCUT2D eigenvalue weighted by atomic mass is 9.96. The van der Waals surface area contributed by atoms with E-state index in [4.69, 9.17) is 5.73 Å². The molecule has 1 aliphatic rings. The van der Waals surface area contributed by atoms with Gasteiger partial charge in [0.1, 0.15) is 11.5 Å². The quantitative estimate of drug-likeness (QED) is 0.919. The van der Waals surface area contributed by atoms with Gasteiger partial charge in [0, 0.05) is 24.7 Å². The predicted octanol–water partition coefficient (Wildman–Crippen LogP) is 1.71. The summed E-state index contributed by atoms with van der Waals surface area (Å²) in [5, 5.41) is 4.19. The van der Waals surface area contributed by atoms with E-state index in [-0.39, 0.29) is 29.2 Å². The Morgan fingerprint density at radius 1 is 1.24 bits per heavy atom. The number of halogens is 1. The Morgan fingerprint density at radius 2 is 1.96 bits per heavy atom. The second-order valence-corrected chi connectivity index (χ2v) is 6.37. The largest absolute Gasteiger partial charge is 0.333 e. The fraction of sp³-hybridized carbons (Fsp3) is 0.389. The molecular weight excluding hydrogens is 323 g/mol. The van der Waals surface area contributed by atoms with Crippen LogP contribution in [0.25, 0.3) is 5.69 Å². The van der Waals surface area contributed by atoms with Crippen molar-refractivity contribution in [2.24, 2.45) is 5.73 Å². The minimum atomic E-state index is -0.405. The third kappa shape index (κ3) is 3.61. The molecule has 0 spiro atoms. The average Bonchev–Trinajstić information content (AvgIpc) is 2.62. The molecule has 0 aliphatic carbocycles. The van der Waals surface area contributed by atoms with Gasteiger partial charge in [-0.1, -0.05) is 0 Å². The van der Waals surface area contributed by atoms with Crippen molar-refractivity contribution >= 4 is 5.91 Å². The number of carbonyl (C=O) groups is 1. The number of benzene rings is 1. The summed E-state index contributed by atoms with van der Waals surface area (Å²) in [5.74, 6) is -0.644. The van der Waals surface area contributed by atoms with Crippen molar-refractivity contribution in [3.05, 3.63) is 58.3 Å². The Hall–Kier alpha value is -2.54. The smallest absolute Gasteiger partial charge is 0.274 e. The van der Waals surface area contributed by atoms with E-state index < -0.39 is 5.82 Å². The highest BCUT2D eigenvalue weighted by atomic mass is 19.1. The van der Waals surface area contributed by atoms with E-state index in [2.05, 4.69) is 5.10 Å². The van der Waals surface area contributed by atoms with Crippen molar-refractivity contribution in [3.63, 3.8) is 0 Å². The number of nitrogens with two attached hydrogens (primary N) is 1. The van der Waals surface area contributed by atoms with Crippen LogP contribution in [0.1, 0.15) is 36.7 Å². The van der Waals surface area contributed by atoms with Crippen molar-refractivity contribution < 1.29 is 9.18 Å². The first-order valence-electron chi connectivity index (χ1n) is 8.40. The van der Waals surface area contributed by atoms with E-state index in [0.717, 1.165) is 23.9 Å². The van der Waals surface area contributed by atoms with Gasteiger partial charge in [0.2, 0.25) is 0 Å². The first kappa shape index (κ1) is 17.3. The SMILES string of the molecule is C[C@H](N)[C@@H]1CCCCN1C(=O)c1ccc(=O)n(-c2ccc(F)cc2)n1. The van der Waals surface area contributed by atoms with E-state index in [9.17, 15) is 14.0 Å². The van der Waals surface area contributed by atoms with Gasteiger partial charge < -0.3 is 10.6 Å². The maximum atomic E-state index is 13.1. The van der Waals surface area contributed by atoms with E-state index in [1.54, 1.807) is 4.90 Å². The van der Waals surface area contributed by atoms with Crippen molar-refractivity contribution in [2.45, 2.75) is 38.3 Å². The van der Waals surface area contributed by atoms with Crippen LogP contribution in [0.3, 0.4) is 0 Å². The summed E-state index contributed by atoms with van der Waals surface area (Å²) in [6.07, 6.45) is 2.83. The third-order valence-corrected chi connectivity index (χ3v) is 4.51. The highest BCUT2D eigenvalue weighted by Gasteiger charge is 2.30. The van der Waals surface area contributed by atoms with Gasteiger partial charge >= 0.3 is 0 Å². The molecule has 1 aromatic carbocycles. The van der Waals surface area contributed by atoms with Gasteiger partial charge in [0.25, 0.3) is 11.5 Å². The number of nitrogens with zero attached hydrogens (tertiary/aromatic N) is 3. The van der Waals surface area contributed by atoms with Crippen LogP contribution in [0.5, 0.6) is 0 Å². The van der Waals surface area contributed by atoms with Crippen molar-refractivity contribution in [1.82, 2.24) is 14.7 Å². The summed E-state index contributed by atoms with van der Waals surface area (Å²) >= 11 is 0. The van der Waals surface area contributed by atoms with Gasteiger partial charge in [-0.2, -0.15) is 9.78 Å². The minimum absolute atomic E-state index is 0.0331. The number of hydrogen-bond donors (Lipinski definition) is 1. The molecule has 6 nitrogen and oxygen atoms in total. The Kier molecular flexibility index (Phi) is 4.94. The second-order valence-electron chi connectivity index (χ2n) is 6.37. The average molecular weight is 344 g/mol. The molecule has 1 aromatic heterocycles. The molecule has 132 valence electrons. The molecule has 0 saturated carbocycles. The molecule has 3 rings (SSSR count). The molecule has 25 heavy (non-hydrogen) atoms. The molecule has 2 aromatic rings. The maximum absolute atomic E-state index is 13.1. The molecule has 0 unspecified atom stereocenters. The van der Waals surface area contributed by atoms with Gasteiger partial charge in [0.05, 0.1) is 5.69 Å². The third-order valence-electron chi connectivity index (χ3n) is 4.51. The lowest BCUT2D eigenvalue weighted by Crippen LogP contribution is -2.52. The lowest BCUT2D eigenvalue weighted by Gasteiger charge is -2.37. The van der Waals surface area contributed by atoms with Gasteiger partial charge in [-0.15, -0.1) is 0 Å². The summed E-state index contributed by atoms with van der Waals surface area (Å²) in [4.78, 5) is 26.7. The Labute approximate surface area is 145 Å². The maximum Gasteiger partial charge on any atom is 0.274 e. The topological polar surface area (TPSA) is 81.2 Å². The molecule has 1 fully saturated rings. The molecule has 0 radical (unpaired) electrons. The minimum Gasteiger partial charge on any atom is -0.333 e. The van der Waals surface area contributed by atoms with E-state index in [0.29, 0.717) is 12.2 Å². The first-order valence-corrected chi connectivity index (χ1v) is 8.40. The van der Waals surface area contributed by atoms with E-state index >= 15 is 0 Å². The van der Waals surface area contributed by atoms with Crippen LogP contribution in [-0.2, 0) is 0 Å². The van der Waals surface area contributed by atoms with E-state index in [1.807, 2.05) is 6.92 Å². The summed E-state index contributed by atoms with van der Waals surface area (Å²) in [6.45, 7) is 2.52. The molecular formula is C18H21FN4O2. The number of aromatic nitrogens is 2. The van der Waals surface area contributed by atoms with Crippen LogP contribution in [0, 0.1) is 5.82 Å². The zero-order valence-corrected chi connectivity index (χ0v) is 14.1. The fourth-order valence-electron chi connectivity index (χ4n) is 3.20. The number of rotatable bonds is 3. The first-order chi connectivity index (χ1) is 12.0. The Balaban J connectivity index is 1.94. The Bertz CT molecular complexity index is 817. The van der Waals surface area contributed by atoms with Gasteiger partial charge in [0.15, 0.2) is 0 Å². The molecule has 1 amide bonds.